The summed E-state index contributed by atoms with van der Waals surface area (Å²) in [6.07, 6.45) is 4.93. The van der Waals surface area contributed by atoms with Crippen LogP contribution in [0.3, 0.4) is 0 Å². The number of carbonyl (C=O) groups excluding carboxylic acids is 1. The van der Waals surface area contributed by atoms with E-state index in [1.54, 1.807) is 24.1 Å². The number of anilines is 1. The third kappa shape index (κ3) is 2.26. The zero-order chi connectivity index (χ0) is 13.3. The average molecular weight is 310 g/mol. The van der Waals surface area contributed by atoms with Gasteiger partial charge in [-0.05, 0) is 22.9 Å². The molecule has 0 bridgehead atoms. The second-order valence-electron chi connectivity index (χ2n) is 3.82. The Labute approximate surface area is 113 Å². The molecule has 0 unspecified atom stereocenters. The molecule has 0 aliphatic rings. The van der Waals surface area contributed by atoms with Crippen molar-refractivity contribution in [2.75, 3.05) is 11.9 Å². The fourth-order valence-electron chi connectivity index (χ4n) is 1.47. The molecule has 0 N–H and O–H groups in total. The smallest absolute Gasteiger partial charge is 0.223 e. The minimum absolute atomic E-state index is 0.0590. The predicted molar refractivity (Wildman–Crippen MR) is 70.7 cm³/mol. The zero-order valence-electron chi connectivity index (χ0n) is 10.3. The van der Waals surface area contributed by atoms with Crippen LogP contribution in [0.15, 0.2) is 23.3 Å². The Balaban J connectivity index is 2.47. The van der Waals surface area contributed by atoms with Crippen molar-refractivity contribution in [1.29, 1.82) is 0 Å². The van der Waals surface area contributed by atoms with E-state index in [4.69, 9.17) is 0 Å². The van der Waals surface area contributed by atoms with Crippen molar-refractivity contribution >= 4 is 27.5 Å². The normalized spacial score (nSPS) is 10.4. The highest BCUT2D eigenvalue weighted by atomic mass is 79.9. The summed E-state index contributed by atoms with van der Waals surface area (Å²) >= 11 is 3.34. The molecule has 0 aliphatic carbocycles. The molecule has 2 heterocycles. The summed E-state index contributed by atoms with van der Waals surface area (Å²) in [5, 5.41) is 4.30. The fraction of sp³-hybridized carbons (Fsp3) is 0.273. The second kappa shape index (κ2) is 4.85. The Morgan fingerprint density at radius 3 is 2.83 bits per heavy atom. The lowest BCUT2D eigenvalue weighted by atomic mass is 10.4. The molecule has 18 heavy (non-hydrogen) atoms. The van der Waals surface area contributed by atoms with Crippen molar-refractivity contribution in [2.45, 2.75) is 13.8 Å². The Morgan fingerprint density at radius 1 is 1.50 bits per heavy atom. The maximum absolute atomic E-state index is 11.4. The van der Waals surface area contributed by atoms with Crippen LogP contribution in [0.4, 0.5) is 5.69 Å². The van der Waals surface area contributed by atoms with E-state index in [0.29, 0.717) is 10.3 Å². The Bertz CT molecular complexity index is 595. The number of rotatable bonds is 2. The van der Waals surface area contributed by atoms with E-state index >= 15 is 0 Å². The fourth-order valence-corrected chi connectivity index (χ4v) is 2.01. The molecule has 0 saturated carbocycles. The second-order valence-corrected chi connectivity index (χ2v) is 4.57. The first-order valence-corrected chi connectivity index (χ1v) is 6.06. The summed E-state index contributed by atoms with van der Waals surface area (Å²) in [5.41, 5.74) is 2.30. The van der Waals surface area contributed by atoms with Gasteiger partial charge >= 0.3 is 0 Å². The SMILES string of the molecule is CC(=O)N(C)c1cn(-c2cncnc2C)nc1Br. The maximum Gasteiger partial charge on any atom is 0.223 e. The van der Waals surface area contributed by atoms with Crippen LogP contribution in [0.1, 0.15) is 12.6 Å². The van der Waals surface area contributed by atoms with Gasteiger partial charge in [0.2, 0.25) is 5.91 Å². The van der Waals surface area contributed by atoms with Crippen LogP contribution in [-0.4, -0.2) is 32.7 Å². The molecule has 2 rings (SSSR count). The van der Waals surface area contributed by atoms with Gasteiger partial charge in [-0.25, -0.2) is 14.6 Å². The lowest BCUT2D eigenvalue weighted by Gasteiger charge is -2.12. The molecule has 6 nitrogen and oxygen atoms in total. The van der Waals surface area contributed by atoms with E-state index in [1.807, 2.05) is 6.92 Å². The Kier molecular flexibility index (Phi) is 3.42. The minimum atomic E-state index is -0.0590. The number of carbonyl (C=O) groups is 1. The zero-order valence-corrected chi connectivity index (χ0v) is 11.8. The van der Waals surface area contributed by atoms with Crippen LogP contribution in [0.5, 0.6) is 0 Å². The molecule has 0 fully saturated rings. The van der Waals surface area contributed by atoms with Crippen molar-refractivity contribution in [3.8, 4) is 5.69 Å². The molecule has 0 atom stereocenters. The number of aromatic nitrogens is 4. The first-order chi connectivity index (χ1) is 8.50. The van der Waals surface area contributed by atoms with Gasteiger partial charge in [0, 0.05) is 14.0 Å². The summed E-state index contributed by atoms with van der Waals surface area (Å²) in [5.74, 6) is -0.0590. The molecule has 7 heteroatoms. The molecular weight excluding hydrogens is 298 g/mol. The lowest BCUT2D eigenvalue weighted by molar-refractivity contribution is -0.116. The highest BCUT2D eigenvalue weighted by Crippen LogP contribution is 2.25. The van der Waals surface area contributed by atoms with Crippen molar-refractivity contribution in [2.24, 2.45) is 0 Å². The summed E-state index contributed by atoms with van der Waals surface area (Å²) in [6, 6.07) is 0. The summed E-state index contributed by atoms with van der Waals surface area (Å²) in [4.78, 5) is 21.0. The van der Waals surface area contributed by atoms with Gasteiger partial charge in [0.05, 0.1) is 23.8 Å². The highest BCUT2D eigenvalue weighted by molar-refractivity contribution is 9.10. The van der Waals surface area contributed by atoms with E-state index in [1.165, 1.54) is 18.2 Å². The predicted octanol–water partition coefficient (Wildman–Crippen LogP) is 1.72. The van der Waals surface area contributed by atoms with Crippen molar-refractivity contribution in [3.05, 3.63) is 29.0 Å². The van der Waals surface area contributed by atoms with Gasteiger partial charge in [-0.1, -0.05) is 0 Å². The van der Waals surface area contributed by atoms with Gasteiger partial charge in [0.15, 0.2) is 4.60 Å². The summed E-state index contributed by atoms with van der Waals surface area (Å²) < 4.78 is 2.25. The quantitative estimate of drug-likeness (QED) is 0.847. The van der Waals surface area contributed by atoms with E-state index < -0.39 is 0 Å². The van der Waals surface area contributed by atoms with Crippen LogP contribution in [0.25, 0.3) is 5.69 Å². The molecule has 94 valence electrons. The number of halogens is 1. The Hall–Kier alpha value is -1.76. The van der Waals surface area contributed by atoms with E-state index in [-0.39, 0.29) is 5.91 Å². The van der Waals surface area contributed by atoms with Gasteiger partial charge in [-0.2, -0.15) is 5.10 Å². The van der Waals surface area contributed by atoms with Gasteiger partial charge in [0.25, 0.3) is 0 Å². The number of amides is 1. The minimum Gasteiger partial charge on any atom is -0.312 e. The molecule has 2 aromatic rings. The number of nitrogens with zero attached hydrogens (tertiary/aromatic N) is 5. The van der Waals surface area contributed by atoms with Gasteiger partial charge in [-0.15, -0.1) is 0 Å². The third-order valence-corrected chi connectivity index (χ3v) is 3.18. The topological polar surface area (TPSA) is 63.9 Å². The van der Waals surface area contributed by atoms with Gasteiger partial charge < -0.3 is 4.90 Å². The average Bonchev–Trinajstić information content (AvgIpc) is 2.70. The monoisotopic (exact) mass is 309 g/mol. The maximum atomic E-state index is 11.4. The van der Waals surface area contributed by atoms with Crippen molar-refractivity contribution < 1.29 is 4.79 Å². The van der Waals surface area contributed by atoms with Crippen LogP contribution in [0.2, 0.25) is 0 Å². The van der Waals surface area contributed by atoms with Crippen LogP contribution in [-0.2, 0) is 4.79 Å². The highest BCUT2D eigenvalue weighted by Gasteiger charge is 2.15. The van der Waals surface area contributed by atoms with Crippen molar-refractivity contribution in [1.82, 2.24) is 19.7 Å². The lowest BCUT2D eigenvalue weighted by Crippen LogP contribution is -2.22. The molecule has 0 saturated heterocycles. The van der Waals surface area contributed by atoms with E-state index in [9.17, 15) is 4.79 Å². The molecule has 0 radical (unpaired) electrons. The van der Waals surface area contributed by atoms with Crippen LogP contribution in [0, 0.1) is 6.92 Å². The van der Waals surface area contributed by atoms with Crippen LogP contribution < -0.4 is 4.90 Å². The number of aryl methyl sites for hydroxylation is 1. The molecule has 1 amide bonds. The summed E-state index contributed by atoms with van der Waals surface area (Å²) in [6.45, 7) is 3.38. The standard InChI is InChI=1S/C11H12BrN5O/c1-7-9(4-13-6-14-7)17-5-10(11(12)15-17)16(3)8(2)18/h4-6H,1-3H3. The number of hydrogen-bond acceptors (Lipinski definition) is 4. The summed E-state index contributed by atoms with van der Waals surface area (Å²) in [7, 11) is 1.70. The first kappa shape index (κ1) is 12.7. The molecule has 0 aromatic carbocycles. The van der Waals surface area contributed by atoms with E-state index in [0.717, 1.165) is 11.4 Å². The van der Waals surface area contributed by atoms with Crippen molar-refractivity contribution in [3.63, 3.8) is 0 Å². The largest absolute Gasteiger partial charge is 0.312 e. The van der Waals surface area contributed by atoms with Gasteiger partial charge in [-0.3, -0.25) is 4.79 Å². The third-order valence-electron chi connectivity index (χ3n) is 2.62. The number of hydrogen-bond donors (Lipinski definition) is 0. The van der Waals surface area contributed by atoms with Crippen LogP contribution >= 0.6 is 15.9 Å². The van der Waals surface area contributed by atoms with Gasteiger partial charge in [0.1, 0.15) is 12.0 Å². The first-order valence-electron chi connectivity index (χ1n) is 5.27. The molecule has 0 spiro atoms. The molecular formula is C11H12BrN5O. The Morgan fingerprint density at radius 2 is 2.22 bits per heavy atom. The molecule has 0 aliphatic heterocycles. The molecule has 2 aromatic heterocycles. The van der Waals surface area contributed by atoms with E-state index in [2.05, 4.69) is 31.0 Å².